The summed E-state index contributed by atoms with van der Waals surface area (Å²) < 4.78 is 0. The molecule has 0 aromatic rings. The molecule has 0 saturated carbocycles. The van der Waals surface area contributed by atoms with Crippen molar-refractivity contribution in [1.29, 1.82) is 0 Å². The van der Waals surface area contributed by atoms with E-state index in [4.69, 9.17) is 0 Å². The van der Waals surface area contributed by atoms with E-state index in [1.165, 1.54) is 0 Å². The number of nitrogens with zero attached hydrogens (tertiary/aromatic N) is 1. The summed E-state index contributed by atoms with van der Waals surface area (Å²) in [5.74, 6) is 0.0302. The molecule has 0 bridgehead atoms. The van der Waals surface area contributed by atoms with Gasteiger partial charge in [0.1, 0.15) is 11.9 Å². The molecule has 1 aliphatic carbocycles. The number of rotatable bonds is 0. The molecule has 1 saturated heterocycles. The Labute approximate surface area is 91.5 Å². The number of allylic oxidation sites excluding steroid dienone is 2. The van der Waals surface area contributed by atoms with Gasteiger partial charge in [-0.2, -0.15) is 0 Å². The first-order chi connectivity index (χ1) is 7.74. The van der Waals surface area contributed by atoms with Crippen molar-refractivity contribution in [3.8, 4) is 0 Å². The lowest BCUT2D eigenvalue weighted by molar-refractivity contribution is -0.121. The predicted octanol–water partition coefficient (Wildman–Crippen LogP) is -0.592. The van der Waals surface area contributed by atoms with Gasteiger partial charge >= 0.3 is 6.03 Å². The number of imide groups is 1. The van der Waals surface area contributed by atoms with E-state index >= 15 is 0 Å². The molecule has 6 nitrogen and oxygen atoms in total. The van der Waals surface area contributed by atoms with E-state index in [1.54, 1.807) is 0 Å². The lowest BCUT2D eigenvalue weighted by Crippen LogP contribution is -2.66. The van der Waals surface area contributed by atoms with Gasteiger partial charge in [-0.15, -0.1) is 0 Å². The molecule has 6 heteroatoms. The number of hydrogen-bond donors (Lipinski definition) is 3. The third-order valence-electron chi connectivity index (χ3n) is 2.76. The molecule has 0 radical (unpaired) electrons. The van der Waals surface area contributed by atoms with Gasteiger partial charge in [0.2, 0.25) is 0 Å². The second kappa shape index (κ2) is 3.28. The van der Waals surface area contributed by atoms with Crippen LogP contribution in [0.5, 0.6) is 0 Å². The molecule has 16 heavy (non-hydrogen) atoms. The molecule has 82 valence electrons. The molecule has 2 heterocycles. The molecular formula is C10H10N4O2. The van der Waals surface area contributed by atoms with Gasteiger partial charge in [0.05, 0.1) is 11.7 Å². The maximum atomic E-state index is 11.6. The van der Waals surface area contributed by atoms with Gasteiger partial charge in [-0.3, -0.25) is 20.7 Å². The summed E-state index contributed by atoms with van der Waals surface area (Å²) in [5, 5.41) is 7.89. The maximum Gasteiger partial charge on any atom is 0.326 e. The predicted molar refractivity (Wildman–Crippen MR) is 56.7 cm³/mol. The SMILES string of the molecule is O=C1NC(=O)C2NC3CC=CC=C3N=C2N1. The summed E-state index contributed by atoms with van der Waals surface area (Å²) in [6.45, 7) is 0. The van der Waals surface area contributed by atoms with E-state index in [0.717, 1.165) is 12.1 Å². The summed E-state index contributed by atoms with van der Waals surface area (Å²) in [6, 6.07) is -1.02. The fraction of sp³-hybridized carbons (Fsp3) is 0.300. The molecule has 2 atom stereocenters. The molecule has 0 spiro atoms. The first-order valence-corrected chi connectivity index (χ1v) is 5.07. The molecule has 3 amide bonds. The van der Waals surface area contributed by atoms with Gasteiger partial charge in [0.15, 0.2) is 0 Å². The van der Waals surface area contributed by atoms with Crippen molar-refractivity contribution >= 4 is 17.8 Å². The largest absolute Gasteiger partial charge is 0.326 e. The zero-order valence-corrected chi connectivity index (χ0v) is 8.36. The summed E-state index contributed by atoms with van der Waals surface area (Å²) in [5.41, 5.74) is 0.851. The highest BCUT2D eigenvalue weighted by Crippen LogP contribution is 2.20. The second-order valence-corrected chi connectivity index (χ2v) is 3.85. The smallest absolute Gasteiger partial charge is 0.294 e. The number of amidine groups is 1. The normalized spacial score (nSPS) is 31.8. The summed E-state index contributed by atoms with van der Waals surface area (Å²) in [7, 11) is 0. The average molecular weight is 218 g/mol. The number of fused-ring (bicyclic) bond motifs is 2. The highest BCUT2D eigenvalue weighted by Gasteiger charge is 2.37. The van der Waals surface area contributed by atoms with Crippen molar-refractivity contribution in [2.75, 3.05) is 0 Å². The molecule has 1 fully saturated rings. The van der Waals surface area contributed by atoms with Crippen molar-refractivity contribution in [2.24, 2.45) is 4.99 Å². The minimum Gasteiger partial charge on any atom is -0.294 e. The van der Waals surface area contributed by atoms with Crippen LogP contribution in [-0.2, 0) is 4.79 Å². The van der Waals surface area contributed by atoms with Gasteiger partial charge in [-0.05, 0) is 12.5 Å². The van der Waals surface area contributed by atoms with Crippen LogP contribution in [0.15, 0.2) is 28.9 Å². The fourth-order valence-corrected chi connectivity index (χ4v) is 2.00. The maximum absolute atomic E-state index is 11.6. The fourth-order valence-electron chi connectivity index (χ4n) is 2.00. The lowest BCUT2D eigenvalue weighted by atomic mass is 10.0. The Balaban J connectivity index is 1.98. The molecule has 2 aliphatic heterocycles. The minimum atomic E-state index is -0.550. The van der Waals surface area contributed by atoms with Gasteiger partial charge in [0, 0.05) is 0 Å². The highest BCUT2D eigenvalue weighted by molar-refractivity contribution is 6.21. The number of hydrogen-bond acceptors (Lipinski definition) is 4. The number of carbonyl (C=O) groups is 2. The molecule has 3 rings (SSSR count). The van der Waals surface area contributed by atoms with Crippen LogP contribution in [0.1, 0.15) is 6.42 Å². The molecule has 2 unspecified atom stereocenters. The standard InChI is InChI=1S/C10H10N4O2/c15-9-7-8(13-10(16)14-9)12-6-4-2-1-3-5(6)11-7/h1-2,4-5,7,11H,3H2,(H2,12,13,14,15,16). The molecule has 0 aromatic heterocycles. The monoisotopic (exact) mass is 218 g/mol. The Morgan fingerprint density at radius 3 is 3.06 bits per heavy atom. The number of carbonyl (C=O) groups excluding carboxylic acids is 2. The van der Waals surface area contributed by atoms with E-state index in [9.17, 15) is 9.59 Å². The van der Waals surface area contributed by atoms with E-state index in [2.05, 4.69) is 20.9 Å². The first kappa shape index (κ1) is 9.29. The Morgan fingerprint density at radius 2 is 2.19 bits per heavy atom. The van der Waals surface area contributed by atoms with Crippen LogP contribution in [0.2, 0.25) is 0 Å². The lowest BCUT2D eigenvalue weighted by Gasteiger charge is -2.34. The topological polar surface area (TPSA) is 82.6 Å². The van der Waals surface area contributed by atoms with Crippen molar-refractivity contribution in [3.05, 3.63) is 23.9 Å². The van der Waals surface area contributed by atoms with Crippen LogP contribution in [0, 0.1) is 0 Å². The van der Waals surface area contributed by atoms with Crippen LogP contribution in [-0.4, -0.2) is 29.9 Å². The van der Waals surface area contributed by atoms with E-state index in [-0.39, 0.29) is 11.9 Å². The van der Waals surface area contributed by atoms with Gasteiger partial charge in [-0.1, -0.05) is 12.2 Å². The Morgan fingerprint density at radius 1 is 1.31 bits per heavy atom. The summed E-state index contributed by atoms with van der Waals surface area (Å²) >= 11 is 0. The highest BCUT2D eigenvalue weighted by atomic mass is 16.2. The first-order valence-electron chi connectivity index (χ1n) is 5.07. The Bertz CT molecular complexity index is 463. The van der Waals surface area contributed by atoms with E-state index in [0.29, 0.717) is 5.84 Å². The average Bonchev–Trinajstić information content (AvgIpc) is 2.27. The Hall–Kier alpha value is -1.95. The van der Waals surface area contributed by atoms with Crippen molar-refractivity contribution in [1.82, 2.24) is 16.0 Å². The molecule has 3 aliphatic rings. The van der Waals surface area contributed by atoms with Crippen LogP contribution in [0.3, 0.4) is 0 Å². The molecule has 3 N–H and O–H groups in total. The molecule has 0 aromatic carbocycles. The quantitative estimate of drug-likeness (QED) is 0.508. The molecular weight excluding hydrogens is 208 g/mol. The van der Waals surface area contributed by atoms with Gasteiger partial charge in [-0.25, -0.2) is 9.79 Å². The third-order valence-corrected chi connectivity index (χ3v) is 2.76. The number of amides is 3. The second-order valence-electron chi connectivity index (χ2n) is 3.85. The number of nitrogens with one attached hydrogen (secondary N) is 3. The van der Waals surface area contributed by atoms with Crippen molar-refractivity contribution < 1.29 is 9.59 Å². The van der Waals surface area contributed by atoms with Gasteiger partial charge < -0.3 is 0 Å². The van der Waals surface area contributed by atoms with E-state index < -0.39 is 12.1 Å². The summed E-state index contributed by atoms with van der Waals surface area (Å²) in [4.78, 5) is 27.0. The van der Waals surface area contributed by atoms with Crippen LogP contribution in [0.25, 0.3) is 0 Å². The van der Waals surface area contributed by atoms with Crippen molar-refractivity contribution in [3.63, 3.8) is 0 Å². The minimum absolute atomic E-state index is 0.0551. The van der Waals surface area contributed by atoms with Gasteiger partial charge in [0.25, 0.3) is 5.91 Å². The number of urea groups is 1. The zero-order chi connectivity index (χ0) is 11.1. The zero-order valence-electron chi connectivity index (χ0n) is 8.36. The van der Waals surface area contributed by atoms with Crippen LogP contribution < -0.4 is 16.0 Å². The van der Waals surface area contributed by atoms with Crippen LogP contribution in [0.4, 0.5) is 4.79 Å². The van der Waals surface area contributed by atoms with Crippen LogP contribution >= 0.6 is 0 Å². The number of aliphatic imine (C=N–C) groups is 1. The Kier molecular flexibility index (Phi) is 1.90. The third kappa shape index (κ3) is 1.35. The summed E-state index contributed by atoms with van der Waals surface area (Å²) in [6.07, 6.45) is 6.62. The van der Waals surface area contributed by atoms with E-state index in [1.807, 2.05) is 18.2 Å². The van der Waals surface area contributed by atoms with Crippen molar-refractivity contribution in [2.45, 2.75) is 18.5 Å².